The van der Waals surface area contributed by atoms with Gasteiger partial charge in [-0.25, -0.2) is 0 Å². The molecule has 0 aromatic carbocycles. The van der Waals surface area contributed by atoms with Crippen molar-refractivity contribution in [1.29, 1.82) is 0 Å². The molecule has 0 heterocycles. The minimum atomic E-state index is -1.14. The maximum absolute atomic E-state index is 11.7. The lowest BCUT2D eigenvalue weighted by molar-refractivity contribution is -0.138. The van der Waals surface area contributed by atoms with Crippen LogP contribution in [0.25, 0.3) is 0 Å². The third-order valence-corrected chi connectivity index (χ3v) is 2.33. The van der Waals surface area contributed by atoms with E-state index in [1.165, 1.54) is 4.90 Å². The molecule has 0 unspecified atom stereocenters. The zero-order valence-corrected chi connectivity index (χ0v) is 14.7. The number of carboxylic acid groups (broad SMARTS) is 1. The average Bonchev–Trinajstić information content (AvgIpc) is 2.48. The van der Waals surface area contributed by atoms with Gasteiger partial charge in [0.2, 0.25) is 11.8 Å². The Morgan fingerprint density at radius 3 is 2.04 bits per heavy atom. The highest BCUT2D eigenvalue weighted by Crippen LogP contribution is 1.93. The van der Waals surface area contributed by atoms with E-state index in [1.807, 2.05) is 0 Å². The second kappa shape index (κ2) is 16.2. The van der Waals surface area contributed by atoms with Gasteiger partial charge in [0.05, 0.1) is 19.8 Å². The van der Waals surface area contributed by atoms with Crippen molar-refractivity contribution in [1.82, 2.24) is 15.5 Å². The maximum atomic E-state index is 11.7. The summed E-state index contributed by atoms with van der Waals surface area (Å²) < 4.78 is 0. The van der Waals surface area contributed by atoms with Crippen molar-refractivity contribution < 1.29 is 29.7 Å². The van der Waals surface area contributed by atoms with Crippen LogP contribution in [-0.2, 0) is 14.4 Å². The van der Waals surface area contributed by atoms with Crippen LogP contribution in [0, 0.1) is 5.92 Å². The summed E-state index contributed by atoms with van der Waals surface area (Å²) >= 11 is 0. The Balaban J connectivity index is 0. The molecule has 5 N–H and O–H groups in total. The van der Waals surface area contributed by atoms with E-state index in [-0.39, 0.29) is 51.7 Å². The van der Waals surface area contributed by atoms with Gasteiger partial charge in [0.15, 0.2) is 0 Å². The molecule has 0 aromatic rings. The van der Waals surface area contributed by atoms with Gasteiger partial charge in [0.1, 0.15) is 6.54 Å². The number of hydrogen-bond donors (Lipinski definition) is 5. The molecular weight excluding hydrogens is 318 g/mol. The fourth-order valence-corrected chi connectivity index (χ4v) is 1.37. The first-order valence-electron chi connectivity index (χ1n) is 7.93. The average molecular weight is 349 g/mol. The monoisotopic (exact) mass is 349 g/mol. The molecule has 0 saturated heterocycles. The molecule has 0 fully saturated rings. The molecule has 0 spiro atoms. The summed E-state index contributed by atoms with van der Waals surface area (Å²) in [6.07, 6.45) is -0.0426. The number of carbonyl (C=O) groups is 3. The van der Waals surface area contributed by atoms with Crippen LogP contribution in [0.4, 0.5) is 0 Å². The molecule has 142 valence electrons. The van der Waals surface area contributed by atoms with E-state index in [2.05, 4.69) is 31.4 Å². The zero-order chi connectivity index (χ0) is 19.0. The van der Waals surface area contributed by atoms with Gasteiger partial charge in [-0.2, -0.15) is 0 Å². The highest BCUT2D eigenvalue weighted by Gasteiger charge is 2.14. The van der Waals surface area contributed by atoms with E-state index in [4.69, 9.17) is 15.3 Å². The minimum Gasteiger partial charge on any atom is -0.480 e. The van der Waals surface area contributed by atoms with Crippen LogP contribution in [0.15, 0.2) is 0 Å². The van der Waals surface area contributed by atoms with Crippen LogP contribution in [-0.4, -0.2) is 83.9 Å². The number of hydrogen-bond acceptors (Lipinski definition) is 6. The molecular formula is C15H31N3O6. The predicted molar refractivity (Wildman–Crippen MR) is 89.4 cm³/mol. The third-order valence-electron chi connectivity index (χ3n) is 2.33. The van der Waals surface area contributed by atoms with Gasteiger partial charge in [-0.1, -0.05) is 20.8 Å². The van der Waals surface area contributed by atoms with Crippen LogP contribution in [0.5, 0.6) is 0 Å². The number of nitrogens with zero attached hydrogens (tertiary/aromatic N) is 1. The molecule has 9 heteroatoms. The van der Waals surface area contributed by atoms with Crippen molar-refractivity contribution in [2.45, 2.75) is 27.2 Å². The van der Waals surface area contributed by atoms with Gasteiger partial charge < -0.3 is 30.9 Å². The molecule has 0 aliphatic heterocycles. The van der Waals surface area contributed by atoms with Crippen molar-refractivity contribution >= 4 is 17.8 Å². The van der Waals surface area contributed by atoms with Gasteiger partial charge in [0, 0.05) is 26.1 Å². The Morgan fingerprint density at radius 1 is 1.00 bits per heavy atom. The zero-order valence-electron chi connectivity index (χ0n) is 14.7. The Labute approximate surface area is 143 Å². The van der Waals surface area contributed by atoms with E-state index < -0.39 is 18.4 Å². The largest absolute Gasteiger partial charge is 0.480 e. The second-order valence-corrected chi connectivity index (χ2v) is 5.66. The summed E-state index contributed by atoms with van der Waals surface area (Å²) in [5, 5.41) is 30.7. The van der Waals surface area contributed by atoms with E-state index >= 15 is 0 Å². The van der Waals surface area contributed by atoms with E-state index in [0.717, 1.165) is 5.92 Å². The molecule has 0 aliphatic carbocycles. The number of aliphatic carboxylic acids is 1. The molecule has 0 saturated carbocycles. The standard InChI is InChI=1S/C11H21N3O6.C4H10/c15-5-2-12-7-10(18)14(4-6-16)3-1-9(17)13-8-11(19)20;1-4(2)3/h12,15-16H,1-8H2,(H,13,17)(H,19,20);4H,1-3H3. The number of nitrogens with one attached hydrogen (secondary N) is 2. The van der Waals surface area contributed by atoms with E-state index in [0.29, 0.717) is 0 Å². The second-order valence-electron chi connectivity index (χ2n) is 5.66. The lowest BCUT2D eigenvalue weighted by Gasteiger charge is -2.21. The van der Waals surface area contributed by atoms with Crippen LogP contribution in [0.1, 0.15) is 27.2 Å². The molecule has 0 rings (SSSR count). The summed E-state index contributed by atoms with van der Waals surface area (Å²) in [5.74, 6) is -1.10. The third kappa shape index (κ3) is 18.3. The van der Waals surface area contributed by atoms with Crippen LogP contribution in [0.3, 0.4) is 0 Å². The topological polar surface area (TPSA) is 139 Å². The quantitative estimate of drug-likeness (QED) is 0.290. The first-order chi connectivity index (χ1) is 11.2. The fraction of sp³-hybridized carbons (Fsp3) is 0.800. The van der Waals surface area contributed by atoms with Crippen molar-refractivity contribution in [2.24, 2.45) is 5.92 Å². The van der Waals surface area contributed by atoms with Crippen molar-refractivity contribution in [3.8, 4) is 0 Å². The Bertz CT molecular complexity index is 360. The molecule has 0 aromatic heterocycles. The molecule has 0 atom stereocenters. The molecule has 9 nitrogen and oxygen atoms in total. The van der Waals surface area contributed by atoms with Crippen LogP contribution in [0.2, 0.25) is 0 Å². The lowest BCUT2D eigenvalue weighted by atomic mass is 10.3. The van der Waals surface area contributed by atoms with Crippen LogP contribution < -0.4 is 10.6 Å². The number of carboxylic acids is 1. The minimum absolute atomic E-state index is 0.00267. The summed E-state index contributed by atoms with van der Waals surface area (Å²) in [5.41, 5.74) is 0. The number of aliphatic hydroxyl groups is 2. The van der Waals surface area contributed by atoms with E-state index in [1.54, 1.807) is 0 Å². The van der Waals surface area contributed by atoms with Gasteiger partial charge in [-0.05, 0) is 5.92 Å². The Kier molecular flexibility index (Phi) is 16.5. The lowest BCUT2D eigenvalue weighted by Crippen LogP contribution is -2.42. The summed E-state index contributed by atoms with van der Waals surface area (Å²) in [7, 11) is 0. The Hall–Kier alpha value is -1.71. The van der Waals surface area contributed by atoms with Crippen molar-refractivity contribution in [2.75, 3.05) is 45.9 Å². The Morgan fingerprint density at radius 2 is 1.58 bits per heavy atom. The number of aliphatic hydroxyl groups excluding tert-OH is 2. The first-order valence-corrected chi connectivity index (χ1v) is 7.93. The first kappa shape index (κ1) is 24.5. The van der Waals surface area contributed by atoms with Gasteiger partial charge in [0.25, 0.3) is 0 Å². The fourth-order valence-electron chi connectivity index (χ4n) is 1.37. The molecule has 0 radical (unpaired) electrons. The SMILES string of the molecule is CC(C)C.O=C(O)CNC(=O)CCN(CCO)C(=O)CNCCO. The molecule has 24 heavy (non-hydrogen) atoms. The highest BCUT2D eigenvalue weighted by atomic mass is 16.4. The van der Waals surface area contributed by atoms with Crippen LogP contribution >= 0.6 is 0 Å². The number of carbonyl (C=O) groups excluding carboxylic acids is 2. The van der Waals surface area contributed by atoms with E-state index in [9.17, 15) is 14.4 Å². The number of rotatable bonds is 11. The smallest absolute Gasteiger partial charge is 0.322 e. The number of amides is 2. The van der Waals surface area contributed by atoms with Crippen molar-refractivity contribution in [3.63, 3.8) is 0 Å². The summed E-state index contributed by atoms with van der Waals surface area (Å²) in [4.78, 5) is 34.6. The molecule has 0 bridgehead atoms. The van der Waals surface area contributed by atoms with Gasteiger partial charge in [-0.15, -0.1) is 0 Å². The summed E-state index contributed by atoms with van der Waals surface area (Å²) in [6.45, 7) is 6.16. The summed E-state index contributed by atoms with van der Waals surface area (Å²) in [6, 6.07) is 0. The molecule has 0 aliphatic rings. The normalized spacial score (nSPS) is 9.92. The van der Waals surface area contributed by atoms with Gasteiger partial charge in [-0.3, -0.25) is 14.4 Å². The van der Waals surface area contributed by atoms with Gasteiger partial charge >= 0.3 is 5.97 Å². The maximum Gasteiger partial charge on any atom is 0.322 e. The predicted octanol–water partition coefficient (Wildman–Crippen LogP) is -1.36. The molecule has 2 amide bonds. The highest BCUT2D eigenvalue weighted by molar-refractivity contribution is 5.82. The van der Waals surface area contributed by atoms with Crippen molar-refractivity contribution in [3.05, 3.63) is 0 Å².